The summed E-state index contributed by atoms with van der Waals surface area (Å²) < 4.78 is 5.40. The number of benzene rings is 1. The molecule has 0 atom stereocenters. The summed E-state index contributed by atoms with van der Waals surface area (Å²) in [6, 6.07) is 7.26. The maximum atomic E-state index is 11.6. The van der Waals surface area contributed by atoms with Crippen LogP contribution in [0.4, 0.5) is 17.2 Å². The SMILES string of the molecule is C=CC(=O)Nc1ccc(C)cc1Nc1nc(Cl)nc2ccoc12. The molecule has 0 spiro atoms. The Labute approximate surface area is 137 Å². The van der Waals surface area contributed by atoms with E-state index in [4.69, 9.17) is 16.0 Å². The maximum absolute atomic E-state index is 11.6. The number of anilines is 3. The molecule has 2 aromatic heterocycles. The predicted molar refractivity (Wildman–Crippen MR) is 90.1 cm³/mol. The molecule has 0 aliphatic rings. The Balaban J connectivity index is 2.04. The van der Waals surface area contributed by atoms with Gasteiger partial charge in [0.15, 0.2) is 11.4 Å². The van der Waals surface area contributed by atoms with E-state index >= 15 is 0 Å². The molecule has 1 amide bonds. The first-order valence-corrected chi connectivity index (χ1v) is 7.16. The highest BCUT2D eigenvalue weighted by Gasteiger charge is 2.12. The highest BCUT2D eigenvalue weighted by molar-refractivity contribution is 6.28. The molecule has 7 heteroatoms. The Bertz CT molecular complexity index is 904. The van der Waals surface area contributed by atoms with Crippen molar-refractivity contribution in [2.75, 3.05) is 10.6 Å². The van der Waals surface area contributed by atoms with Crippen molar-refractivity contribution < 1.29 is 9.21 Å². The summed E-state index contributed by atoms with van der Waals surface area (Å²) in [6.45, 7) is 5.39. The molecule has 0 fully saturated rings. The number of halogens is 1. The van der Waals surface area contributed by atoms with Gasteiger partial charge >= 0.3 is 0 Å². The molecule has 2 N–H and O–H groups in total. The van der Waals surface area contributed by atoms with Gasteiger partial charge in [-0.3, -0.25) is 4.79 Å². The highest BCUT2D eigenvalue weighted by Crippen LogP contribution is 2.30. The van der Waals surface area contributed by atoms with Gasteiger partial charge in [-0.2, -0.15) is 4.98 Å². The average Bonchev–Trinajstić information content (AvgIpc) is 2.98. The molecule has 3 rings (SSSR count). The smallest absolute Gasteiger partial charge is 0.247 e. The number of fused-ring (bicyclic) bond motifs is 1. The van der Waals surface area contributed by atoms with Crippen molar-refractivity contribution in [3.05, 3.63) is 54.0 Å². The second-order valence-corrected chi connectivity index (χ2v) is 5.18. The fourth-order valence-electron chi connectivity index (χ4n) is 2.10. The molecule has 0 radical (unpaired) electrons. The minimum atomic E-state index is -0.305. The van der Waals surface area contributed by atoms with Gasteiger partial charge in [0.1, 0.15) is 5.52 Å². The summed E-state index contributed by atoms with van der Waals surface area (Å²) >= 11 is 5.94. The minimum Gasteiger partial charge on any atom is -0.459 e. The number of nitrogens with one attached hydrogen (secondary N) is 2. The van der Waals surface area contributed by atoms with Crippen LogP contribution in [0.5, 0.6) is 0 Å². The molecular formula is C16H13ClN4O2. The van der Waals surface area contributed by atoms with Crippen molar-refractivity contribution in [1.82, 2.24) is 9.97 Å². The van der Waals surface area contributed by atoms with Gasteiger partial charge in [0, 0.05) is 6.07 Å². The van der Waals surface area contributed by atoms with Gasteiger partial charge in [0.25, 0.3) is 0 Å². The van der Waals surface area contributed by atoms with Crippen LogP contribution in [-0.4, -0.2) is 15.9 Å². The van der Waals surface area contributed by atoms with Crippen molar-refractivity contribution in [3.8, 4) is 0 Å². The fraction of sp³-hybridized carbons (Fsp3) is 0.0625. The lowest BCUT2D eigenvalue weighted by Crippen LogP contribution is -2.09. The predicted octanol–water partition coefficient (Wildman–Crippen LogP) is 4.05. The van der Waals surface area contributed by atoms with Gasteiger partial charge in [-0.1, -0.05) is 12.6 Å². The molecule has 1 aromatic carbocycles. The number of carbonyl (C=O) groups excluding carboxylic acids is 1. The number of carbonyl (C=O) groups is 1. The molecule has 6 nitrogen and oxygen atoms in total. The molecule has 23 heavy (non-hydrogen) atoms. The van der Waals surface area contributed by atoms with Crippen LogP contribution in [-0.2, 0) is 4.79 Å². The molecule has 0 unspecified atom stereocenters. The van der Waals surface area contributed by atoms with E-state index in [0.29, 0.717) is 28.3 Å². The molecule has 3 aromatic rings. The second kappa shape index (κ2) is 6.10. The number of furan rings is 1. The monoisotopic (exact) mass is 328 g/mol. The fourth-order valence-corrected chi connectivity index (χ4v) is 2.28. The Morgan fingerprint density at radius 1 is 1.30 bits per heavy atom. The van der Waals surface area contributed by atoms with Gasteiger partial charge in [0.2, 0.25) is 11.2 Å². The summed E-state index contributed by atoms with van der Waals surface area (Å²) in [5.41, 5.74) is 3.34. The van der Waals surface area contributed by atoms with Gasteiger partial charge in [-0.15, -0.1) is 0 Å². The van der Waals surface area contributed by atoms with E-state index in [-0.39, 0.29) is 11.2 Å². The summed E-state index contributed by atoms with van der Waals surface area (Å²) in [6.07, 6.45) is 2.72. The van der Waals surface area contributed by atoms with Crippen molar-refractivity contribution in [2.24, 2.45) is 0 Å². The van der Waals surface area contributed by atoms with Crippen LogP contribution >= 0.6 is 11.6 Å². The van der Waals surface area contributed by atoms with Gasteiger partial charge in [-0.25, -0.2) is 4.98 Å². The van der Waals surface area contributed by atoms with Crippen LogP contribution in [0.25, 0.3) is 11.1 Å². The Morgan fingerprint density at radius 2 is 2.13 bits per heavy atom. The zero-order valence-corrected chi connectivity index (χ0v) is 13.0. The van der Waals surface area contributed by atoms with Crippen LogP contribution < -0.4 is 10.6 Å². The standard InChI is InChI=1S/C16H13ClN4O2/c1-3-13(22)18-10-5-4-9(2)8-12(10)19-15-14-11(6-7-23-14)20-16(17)21-15/h3-8H,1H2,2H3,(H,18,22)(H,19,20,21). The van der Waals surface area contributed by atoms with Gasteiger partial charge in [-0.05, 0) is 42.3 Å². The van der Waals surface area contributed by atoms with Crippen LogP contribution in [0.3, 0.4) is 0 Å². The van der Waals surface area contributed by atoms with E-state index in [0.717, 1.165) is 5.56 Å². The molecule has 116 valence electrons. The molecular weight excluding hydrogens is 316 g/mol. The molecule has 0 aliphatic heterocycles. The van der Waals surface area contributed by atoms with E-state index in [2.05, 4.69) is 27.2 Å². The largest absolute Gasteiger partial charge is 0.459 e. The van der Waals surface area contributed by atoms with E-state index in [1.54, 1.807) is 12.1 Å². The number of hydrogen-bond donors (Lipinski definition) is 2. The summed E-state index contributed by atoms with van der Waals surface area (Å²) in [5.74, 6) is 0.116. The first-order valence-electron chi connectivity index (χ1n) is 6.78. The molecule has 2 heterocycles. The van der Waals surface area contributed by atoms with Crippen molar-refractivity contribution in [1.29, 1.82) is 0 Å². The lowest BCUT2D eigenvalue weighted by molar-refractivity contribution is -0.111. The van der Waals surface area contributed by atoms with E-state index < -0.39 is 0 Å². The highest BCUT2D eigenvalue weighted by atomic mass is 35.5. The van der Waals surface area contributed by atoms with Crippen LogP contribution in [0, 0.1) is 6.92 Å². The molecule has 0 aliphatic carbocycles. The summed E-state index contributed by atoms with van der Waals surface area (Å²) in [4.78, 5) is 19.8. The third-order valence-corrected chi connectivity index (χ3v) is 3.32. The first kappa shape index (κ1) is 15.1. The normalized spacial score (nSPS) is 10.5. The number of nitrogens with zero attached hydrogens (tertiary/aromatic N) is 2. The average molecular weight is 329 g/mol. The van der Waals surface area contributed by atoms with E-state index in [9.17, 15) is 4.79 Å². The zero-order chi connectivity index (χ0) is 16.4. The van der Waals surface area contributed by atoms with Crippen LogP contribution in [0.2, 0.25) is 5.28 Å². The second-order valence-electron chi connectivity index (χ2n) is 4.84. The lowest BCUT2D eigenvalue weighted by atomic mass is 10.2. The van der Waals surface area contributed by atoms with E-state index in [1.165, 1.54) is 12.3 Å². The summed E-state index contributed by atoms with van der Waals surface area (Å²) in [5, 5.41) is 5.97. The minimum absolute atomic E-state index is 0.103. The Hall–Kier alpha value is -2.86. The van der Waals surface area contributed by atoms with Crippen molar-refractivity contribution >= 4 is 45.8 Å². The van der Waals surface area contributed by atoms with Gasteiger partial charge < -0.3 is 15.1 Å². The molecule has 0 saturated heterocycles. The summed E-state index contributed by atoms with van der Waals surface area (Å²) in [7, 11) is 0. The Morgan fingerprint density at radius 3 is 2.91 bits per heavy atom. The van der Waals surface area contributed by atoms with Crippen molar-refractivity contribution in [3.63, 3.8) is 0 Å². The first-order chi connectivity index (χ1) is 11.1. The van der Waals surface area contributed by atoms with Crippen LogP contribution in [0.15, 0.2) is 47.6 Å². The number of rotatable bonds is 4. The van der Waals surface area contributed by atoms with Crippen molar-refractivity contribution in [2.45, 2.75) is 6.92 Å². The number of aromatic nitrogens is 2. The molecule has 0 bridgehead atoms. The zero-order valence-electron chi connectivity index (χ0n) is 12.3. The number of aryl methyl sites for hydroxylation is 1. The van der Waals surface area contributed by atoms with Gasteiger partial charge in [0.05, 0.1) is 17.6 Å². The third-order valence-electron chi connectivity index (χ3n) is 3.15. The topological polar surface area (TPSA) is 80.0 Å². The maximum Gasteiger partial charge on any atom is 0.247 e. The lowest BCUT2D eigenvalue weighted by Gasteiger charge is -2.13. The quantitative estimate of drug-likeness (QED) is 0.558. The third kappa shape index (κ3) is 3.17. The van der Waals surface area contributed by atoms with Crippen LogP contribution in [0.1, 0.15) is 5.56 Å². The van der Waals surface area contributed by atoms with E-state index in [1.807, 2.05) is 19.1 Å². The Kier molecular flexibility index (Phi) is 3.99. The molecule has 0 saturated carbocycles. The number of hydrogen-bond acceptors (Lipinski definition) is 5. The number of amides is 1.